The van der Waals surface area contributed by atoms with Crippen molar-refractivity contribution >= 4 is 33.6 Å². The van der Waals surface area contributed by atoms with E-state index in [2.05, 4.69) is 15.2 Å². The van der Waals surface area contributed by atoms with E-state index in [-0.39, 0.29) is 0 Å². The van der Waals surface area contributed by atoms with E-state index in [1.54, 1.807) is 20.4 Å². The van der Waals surface area contributed by atoms with Gasteiger partial charge in [0.1, 0.15) is 18.0 Å². The SMILES string of the molecule is COc1cc(N2CCS(O)(O)CC2)ccc1Nc1nccc(-c2c(-c3ccc(OCc4ccccc4)c(OC)c3)nc3ccccn23)n1. The highest BCUT2D eigenvalue weighted by atomic mass is 32.3. The number of hydrogen-bond acceptors (Lipinski definition) is 10. The van der Waals surface area contributed by atoms with Crippen LogP contribution in [-0.2, 0) is 6.61 Å². The fourth-order valence-electron chi connectivity index (χ4n) is 5.75. The summed E-state index contributed by atoms with van der Waals surface area (Å²) in [6, 6.07) is 29.4. The molecule has 0 amide bonds. The maximum absolute atomic E-state index is 10.0. The minimum atomic E-state index is -2.48. The fraction of sp³-hybridized carbons (Fsp3) is 0.194. The molecule has 6 aromatic rings. The van der Waals surface area contributed by atoms with Gasteiger partial charge in [0.25, 0.3) is 0 Å². The number of ether oxygens (including phenoxy) is 3. The zero-order valence-electron chi connectivity index (χ0n) is 26.6. The van der Waals surface area contributed by atoms with Gasteiger partial charge in [0.2, 0.25) is 5.95 Å². The Morgan fingerprint density at radius 3 is 2.40 bits per heavy atom. The Morgan fingerprint density at radius 1 is 0.812 bits per heavy atom. The maximum atomic E-state index is 10.0. The van der Waals surface area contributed by atoms with Crippen LogP contribution in [0.1, 0.15) is 5.56 Å². The van der Waals surface area contributed by atoms with Gasteiger partial charge in [-0.05, 0) is 54.1 Å². The lowest BCUT2D eigenvalue weighted by atomic mass is 10.1. The van der Waals surface area contributed by atoms with Crippen molar-refractivity contribution in [3.05, 3.63) is 109 Å². The van der Waals surface area contributed by atoms with E-state index in [9.17, 15) is 9.11 Å². The van der Waals surface area contributed by atoms with Crippen LogP contribution < -0.4 is 24.4 Å². The van der Waals surface area contributed by atoms with Crippen molar-refractivity contribution in [2.75, 3.05) is 49.0 Å². The first-order valence-corrected chi connectivity index (χ1v) is 17.4. The molecule has 4 heterocycles. The van der Waals surface area contributed by atoms with Crippen LogP contribution in [0.3, 0.4) is 0 Å². The number of nitrogens with zero attached hydrogens (tertiary/aromatic N) is 5. The molecule has 0 radical (unpaired) electrons. The number of benzene rings is 3. The molecule has 3 N–H and O–H groups in total. The van der Waals surface area contributed by atoms with Crippen molar-refractivity contribution in [3.8, 4) is 39.9 Å². The number of nitrogens with one attached hydrogen (secondary N) is 1. The molecule has 11 nitrogen and oxygen atoms in total. The lowest BCUT2D eigenvalue weighted by molar-refractivity contribution is 0.284. The van der Waals surface area contributed by atoms with E-state index in [1.165, 1.54) is 0 Å². The Labute approximate surface area is 280 Å². The van der Waals surface area contributed by atoms with E-state index >= 15 is 0 Å². The third-order valence-electron chi connectivity index (χ3n) is 8.28. The van der Waals surface area contributed by atoms with E-state index < -0.39 is 10.6 Å². The molecule has 1 aliphatic heterocycles. The van der Waals surface area contributed by atoms with Crippen LogP contribution in [0.2, 0.25) is 0 Å². The van der Waals surface area contributed by atoms with E-state index in [1.807, 2.05) is 102 Å². The summed E-state index contributed by atoms with van der Waals surface area (Å²) < 4.78 is 39.6. The smallest absolute Gasteiger partial charge is 0.227 e. The quantitative estimate of drug-likeness (QED) is 0.137. The van der Waals surface area contributed by atoms with Gasteiger partial charge in [-0.2, -0.15) is 10.6 Å². The summed E-state index contributed by atoms with van der Waals surface area (Å²) >= 11 is 0. The van der Waals surface area contributed by atoms with Crippen molar-refractivity contribution in [2.45, 2.75) is 6.61 Å². The average Bonchev–Trinajstić information content (AvgIpc) is 3.51. The third-order valence-corrected chi connectivity index (χ3v) is 9.95. The Morgan fingerprint density at radius 2 is 1.60 bits per heavy atom. The lowest BCUT2D eigenvalue weighted by Gasteiger charge is -2.42. The van der Waals surface area contributed by atoms with E-state index in [4.69, 9.17) is 24.2 Å². The van der Waals surface area contributed by atoms with Crippen LogP contribution in [0.5, 0.6) is 17.2 Å². The van der Waals surface area contributed by atoms with Gasteiger partial charge in [-0.3, -0.25) is 13.5 Å². The van der Waals surface area contributed by atoms with Gasteiger partial charge >= 0.3 is 0 Å². The molecular weight excluding hydrogens is 628 g/mol. The number of pyridine rings is 1. The summed E-state index contributed by atoms with van der Waals surface area (Å²) in [7, 11) is 0.762. The minimum absolute atomic E-state index is 0.361. The topological polar surface area (TPSA) is 127 Å². The largest absolute Gasteiger partial charge is 0.494 e. The molecular formula is C36H36N6O5S. The number of imidazole rings is 1. The van der Waals surface area contributed by atoms with Crippen molar-refractivity contribution in [3.63, 3.8) is 0 Å². The van der Waals surface area contributed by atoms with Crippen molar-refractivity contribution in [1.29, 1.82) is 0 Å². The van der Waals surface area contributed by atoms with E-state index in [0.29, 0.717) is 65.8 Å². The molecule has 1 saturated heterocycles. The molecule has 0 saturated carbocycles. The number of anilines is 3. The van der Waals surface area contributed by atoms with Crippen LogP contribution in [0.25, 0.3) is 28.3 Å². The molecule has 48 heavy (non-hydrogen) atoms. The molecule has 0 aliphatic carbocycles. The number of aromatic nitrogens is 4. The lowest BCUT2D eigenvalue weighted by Crippen LogP contribution is -2.38. The van der Waals surface area contributed by atoms with Gasteiger partial charge in [-0.15, -0.1) is 0 Å². The monoisotopic (exact) mass is 664 g/mol. The summed E-state index contributed by atoms with van der Waals surface area (Å²) in [5.41, 5.74) is 6.55. The second-order valence-corrected chi connectivity index (χ2v) is 13.8. The average molecular weight is 665 g/mol. The molecule has 3 aromatic heterocycles. The van der Waals surface area contributed by atoms with Gasteiger partial charge in [0.15, 0.2) is 11.5 Å². The van der Waals surface area contributed by atoms with Crippen LogP contribution in [0.15, 0.2) is 103 Å². The molecule has 7 rings (SSSR count). The fourth-order valence-corrected chi connectivity index (χ4v) is 6.98. The summed E-state index contributed by atoms with van der Waals surface area (Å²) in [6.07, 6.45) is 3.68. The van der Waals surface area contributed by atoms with Crippen LogP contribution >= 0.6 is 10.6 Å². The highest BCUT2D eigenvalue weighted by Gasteiger charge is 2.24. The second-order valence-electron chi connectivity index (χ2n) is 11.4. The number of rotatable bonds is 10. The second kappa shape index (κ2) is 13.4. The Balaban J connectivity index is 1.19. The Kier molecular flexibility index (Phi) is 8.76. The highest BCUT2D eigenvalue weighted by molar-refractivity contribution is 8.24. The zero-order chi connectivity index (χ0) is 33.1. The summed E-state index contributed by atoms with van der Waals surface area (Å²) in [5, 5.41) is 3.32. The van der Waals surface area contributed by atoms with Crippen molar-refractivity contribution < 1.29 is 23.3 Å². The first kappa shape index (κ1) is 31.3. The van der Waals surface area contributed by atoms with Crippen LogP contribution in [-0.4, -0.2) is 67.3 Å². The van der Waals surface area contributed by atoms with Crippen LogP contribution in [0.4, 0.5) is 17.3 Å². The summed E-state index contributed by atoms with van der Waals surface area (Å²) in [5.74, 6) is 2.98. The third kappa shape index (κ3) is 6.58. The molecule has 1 fully saturated rings. The first-order valence-electron chi connectivity index (χ1n) is 15.5. The van der Waals surface area contributed by atoms with Gasteiger partial charge in [0, 0.05) is 42.8 Å². The number of methoxy groups -OCH3 is 2. The normalized spacial score (nSPS) is 14.8. The van der Waals surface area contributed by atoms with Crippen molar-refractivity contribution in [1.82, 2.24) is 19.4 Å². The van der Waals surface area contributed by atoms with Gasteiger partial charge in [-0.25, -0.2) is 15.0 Å². The first-order chi connectivity index (χ1) is 23.4. The predicted octanol–water partition coefficient (Wildman–Crippen LogP) is 7.37. The maximum Gasteiger partial charge on any atom is 0.227 e. The highest BCUT2D eigenvalue weighted by Crippen LogP contribution is 2.42. The zero-order valence-corrected chi connectivity index (χ0v) is 27.4. The molecule has 1 aliphatic rings. The predicted molar refractivity (Wildman–Crippen MR) is 190 cm³/mol. The number of hydrogen-bond donors (Lipinski definition) is 3. The van der Waals surface area contributed by atoms with Gasteiger partial charge < -0.3 is 24.4 Å². The van der Waals surface area contributed by atoms with Crippen LogP contribution in [0, 0.1) is 0 Å². The molecule has 0 unspecified atom stereocenters. The Hall–Kier alpha value is -5.30. The minimum Gasteiger partial charge on any atom is -0.494 e. The van der Waals surface area contributed by atoms with E-state index in [0.717, 1.165) is 33.8 Å². The van der Waals surface area contributed by atoms with Crippen molar-refractivity contribution in [2.24, 2.45) is 0 Å². The van der Waals surface area contributed by atoms with Gasteiger partial charge in [0.05, 0.1) is 48.5 Å². The molecule has 0 atom stereocenters. The summed E-state index contributed by atoms with van der Waals surface area (Å²) in [4.78, 5) is 16.5. The summed E-state index contributed by atoms with van der Waals surface area (Å²) in [6.45, 7) is 1.56. The molecule has 0 spiro atoms. The molecule has 12 heteroatoms. The Bertz CT molecular complexity index is 2040. The number of fused-ring (bicyclic) bond motifs is 1. The molecule has 3 aromatic carbocycles. The molecule has 246 valence electrons. The van der Waals surface area contributed by atoms with Gasteiger partial charge in [-0.1, -0.05) is 36.4 Å². The molecule has 0 bridgehead atoms. The standard InChI is InChI=1S/C36H36N6O5S/c1-45-31-23-27(41-18-20-48(43,44)21-19-41)12-13-28(31)38-36-37-16-15-29(39-36)35-34(40-33-10-6-7-17-42(33)35)26-11-14-30(32(22-26)46-2)47-24-25-8-4-3-5-9-25/h3-17,22-23,43-44H,18-21,24H2,1-2H3,(H,37,38,39).